The summed E-state index contributed by atoms with van der Waals surface area (Å²) < 4.78 is 5.40. The summed E-state index contributed by atoms with van der Waals surface area (Å²) in [5.41, 5.74) is 3.42. The third-order valence-electron chi connectivity index (χ3n) is 1.89. The van der Waals surface area contributed by atoms with Crippen molar-refractivity contribution < 1.29 is 4.74 Å². The number of ether oxygens (including phenoxy) is 1. The van der Waals surface area contributed by atoms with Crippen molar-refractivity contribution >= 4 is 11.9 Å². The molecule has 1 heterocycles. The number of hydrazine groups is 1. The topological polar surface area (TPSA) is 89.2 Å². The Bertz CT molecular complexity index is 392. The lowest BCUT2D eigenvalue weighted by molar-refractivity contribution is 0.296. The zero-order chi connectivity index (χ0) is 12.8. The summed E-state index contributed by atoms with van der Waals surface area (Å²) >= 11 is 0. The molecule has 0 atom stereocenters. The molecule has 3 N–H and O–H groups in total. The molecule has 0 saturated carbocycles. The number of rotatable bonds is 6. The Labute approximate surface area is 101 Å². The smallest absolute Gasteiger partial charge is 0.323 e. The van der Waals surface area contributed by atoms with Crippen LogP contribution in [0, 0.1) is 0 Å². The maximum Gasteiger partial charge on any atom is 0.323 e. The van der Waals surface area contributed by atoms with E-state index in [-0.39, 0.29) is 12.0 Å². The lowest BCUT2D eigenvalue weighted by atomic mass is 10.3. The Morgan fingerprint density at radius 3 is 2.65 bits per heavy atom. The van der Waals surface area contributed by atoms with Crippen molar-refractivity contribution in [3.63, 3.8) is 0 Å². The van der Waals surface area contributed by atoms with E-state index in [1.54, 1.807) is 4.90 Å². The first-order valence-electron chi connectivity index (χ1n) is 5.20. The summed E-state index contributed by atoms with van der Waals surface area (Å²) in [4.78, 5) is 13.9. The van der Waals surface area contributed by atoms with E-state index in [1.165, 1.54) is 0 Å². The van der Waals surface area contributed by atoms with Crippen molar-refractivity contribution in [2.24, 2.45) is 5.84 Å². The second-order valence-electron chi connectivity index (χ2n) is 3.84. The summed E-state index contributed by atoms with van der Waals surface area (Å²) in [6.45, 7) is 6.21. The lowest BCUT2D eigenvalue weighted by Gasteiger charge is -2.12. The van der Waals surface area contributed by atoms with Crippen LogP contribution in [0.2, 0.25) is 0 Å². The number of hydrogen-bond donors (Lipinski definition) is 2. The summed E-state index contributed by atoms with van der Waals surface area (Å²) in [5, 5.41) is 0. The van der Waals surface area contributed by atoms with Crippen molar-refractivity contribution in [1.29, 1.82) is 0 Å². The zero-order valence-corrected chi connectivity index (χ0v) is 10.4. The van der Waals surface area contributed by atoms with Crippen LogP contribution in [0.25, 0.3) is 0 Å². The SMILES string of the molecule is C=C(C)CCOc1nc(NN)nc(N(C)C)n1. The van der Waals surface area contributed by atoms with Crippen LogP contribution in [-0.2, 0) is 0 Å². The number of nitrogens with one attached hydrogen (secondary N) is 1. The molecule has 1 rings (SSSR count). The highest BCUT2D eigenvalue weighted by molar-refractivity contribution is 5.35. The molecule has 0 aliphatic carbocycles. The van der Waals surface area contributed by atoms with Crippen LogP contribution < -0.4 is 20.9 Å². The molecule has 0 amide bonds. The van der Waals surface area contributed by atoms with Gasteiger partial charge in [-0.15, -0.1) is 6.58 Å². The van der Waals surface area contributed by atoms with Crippen LogP contribution in [0.4, 0.5) is 11.9 Å². The minimum atomic E-state index is 0.248. The molecule has 0 spiro atoms. The average Bonchev–Trinajstić information content (AvgIpc) is 2.28. The molecule has 0 aliphatic rings. The molecule has 1 aromatic rings. The number of nitrogen functional groups attached to an aromatic ring is 1. The molecular formula is C10H18N6O. The Hall–Kier alpha value is -1.89. The highest BCUT2D eigenvalue weighted by atomic mass is 16.5. The Balaban J connectivity index is 2.76. The van der Waals surface area contributed by atoms with Gasteiger partial charge in [-0.3, -0.25) is 5.43 Å². The first-order chi connectivity index (χ1) is 8.02. The van der Waals surface area contributed by atoms with Crippen molar-refractivity contribution in [3.8, 4) is 6.01 Å². The van der Waals surface area contributed by atoms with Crippen LogP contribution in [0.15, 0.2) is 12.2 Å². The van der Waals surface area contributed by atoms with Gasteiger partial charge in [-0.2, -0.15) is 15.0 Å². The second kappa shape index (κ2) is 6.00. The van der Waals surface area contributed by atoms with Crippen molar-refractivity contribution in [2.75, 3.05) is 31.0 Å². The number of anilines is 2. The van der Waals surface area contributed by atoms with Gasteiger partial charge in [0.2, 0.25) is 11.9 Å². The third kappa shape index (κ3) is 4.23. The van der Waals surface area contributed by atoms with Gasteiger partial charge >= 0.3 is 6.01 Å². The van der Waals surface area contributed by atoms with Gasteiger partial charge in [0.1, 0.15) is 0 Å². The van der Waals surface area contributed by atoms with Crippen molar-refractivity contribution in [3.05, 3.63) is 12.2 Å². The molecule has 17 heavy (non-hydrogen) atoms. The van der Waals surface area contributed by atoms with E-state index in [2.05, 4.69) is 27.0 Å². The summed E-state index contributed by atoms with van der Waals surface area (Å²) in [7, 11) is 3.65. The molecule has 1 aromatic heterocycles. The van der Waals surface area contributed by atoms with E-state index in [4.69, 9.17) is 10.6 Å². The van der Waals surface area contributed by atoms with E-state index in [1.807, 2.05) is 21.0 Å². The van der Waals surface area contributed by atoms with Crippen LogP contribution in [0.3, 0.4) is 0 Å². The summed E-state index contributed by atoms with van der Waals surface area (Å²) in [5.74, 6) is 6.03. The average molecular weight is 238 g/mol. The monoisotopic (exact) mass is 238 g/mol. The molecule has 94 valence electrons. The molecule has 0 bridgehead atoms. The van der Waals surface area contributed by atoms with Crippen molar-refractivity contribution in [2.45, 2.75) is 13.3 Å². The second-order valence-corrected chi connectivity index (χ2v) is 3.84. The normalized spacial score (nSPS) is 9.88. The Morgan fingerprint density at radius 1 is 1.41 bits per heavy atom. The minimum Gasteiger partial charge on any atom is -0.463 e. The Morgan fingerprint density at radius 2 is 2.12 bits per heavy atom. The van der Waals surface area contributed by atoms with Crippen molar-refractivity contribution in [1.82, 2.24) is 15.0 Å². The fourth-order valence-electron chi connectivity index (χ4n) is 0.992. The molecule has 0 radical (unpaired) electrons. The largest absolute Gasteiger partial charge is 0.463 e. The first kappa shape index (κ1) is 13.2. The maximum absolute atomic E-state index is 5.40. The highest BCUT2D eigenvalue weighted by Gasteiger charge is 2.08. The number of hydrogen-bond acceptors (Lipinski definition) is 7. The van der Waals surface area contributed by atoms with Gasteiger partial charge in [-0.05, 0) is 6.92 Å². The highest BCUT2D eigenvalue weighted by Crippen LogP contribution is 2.12. The van der Waals surface area contributed by atoms with Crippen LogP contribution in [-0.4, -0.2) is 35.7 Å². The van der Waals surface area contributed by atoms with E-state index in [9.17, 15) is 0 Å². The van der Waals surface area contributed by atoms with Gasteiger partial charge in [0.25, 0.3) is 0 Å². The zero-order valence-electron chi connectivity index (χ0n) is 10.4. The van der Waals surface area contributed by atoms with Gasteiger partial charge in [0.15, 0.2) is 0 Å². The summed E-state index contributed by atoms with van der Waals surface area (Å²) in [6.07, 6.45) is 0.758. The lowest BCUT2D eigenvalue weighted by Crippen LogP contribution is -2.18. The number of nitrogens with zero attached hydrogens (tertiary/aromatic N) is 4. The van der Waals surface area contributed by atoms with Crippen LogP contribution >= 0.6 is 0 Å². The minimum absolute atomic E-state index is 0.248. The molecule has 0 saturated heterocycles. The van der Waals surface area contributed by atoms with Gasteiger partial charge in [-0.25, -0.2) is 5.84 Å². The molecule has 0 unspecified atom stereocenters. The van der Waals surface area contributed by atoms with E-state index in [0.29, 0.717) is 12.6 Å². The third-order valence-corrected chi connectivity index (χ3v) is 1.89. The number of aromatic nitrogens is 3. The maximum atomic E-state index is 5.40. The Kier molecular flexibility index (Phi) is 4.65. The quantitative estimate of drug-likeness (QED) is 0.425. The fourth-order valence-corrected chi connectivity index (χ4v) is 0.992. The molecular weight excluding hydrogens is 220 g/mol. The van der Waals surface area contributed by atoms with E-state index < -0.39 is 0 Å². The van der Waals surface area contributed by atoms with Crippen LogP contribution in [0.5, 0.6) is 6.01 Å². The molecule has 7 heteroatoms. The van der Waals surface area contributed by atoms with Gasteiger partial charge in [-0.1, -0.05) is 5.57 Å². The molecule has 0 aliphatic heterocycles. The van der Waals surface area contributed by atoms with Gasteiger partial charge < -0.3 is 9.64 Å². The predicted molar refractivity (Wildman–Crippen MR) is 66.9 cm³/mol. The first-order valence-corrected chi connectivity index (χ1v) is 5.20. The van der Waals surface area contributed by atoms with E-state index >= 15 is 0 Å². The van der Waals surface area contributed by atoms with Gasteiger partial charge in [0.05, 0.1) is 6.61 Å². The molecule has 0 aromatic carbocycles. The van der Waals surface area contributed by atoms with E-state index in [0.717, 1.165) is 12.0 Å². The summed E-state index contributed by atoms with van der Waals surface area (Å²) in [6, 6.07) is 0.248. The molecule has 7 nitrogen and oxygen atoms in total. The predicted octanol–water partition coefficient (Wildman–Crippen LogP) is 0.568. The fraction of sp³-hybridized carbons (Fsp3) is 0.500. The molecule has 0 fully saturated rings. The van der Waals surface area contributed by atoms with Crippen LogP contribution in [0.1, 0.15) is 13.3 Å². The van der Waals surface area contributed by atoms with Gasteiger partial charge in [0, 0.05) is 20.5 Å². The standard InChI is InChI=1S/C10H18N6O/c1-7(2)5-6-17-10-13-8(15-11)12-9(14-10)16(3)4/h1,5-6,11H2,2-4H3,(H,12,13,14,15). The number of nitrogens with two attached hydrogens (primary N) is 1.